The number of benzene rings is 3. The van der Waals surface area contributed by atoms with Crippen molar-refractivity contribution < 1.29 is 28.6 Å². The molecule has 1 unspecified atom stereocenters. The van der Waals surface area contributed by atoms with Crippen LogP contribution in [0, 0.1) is 12.7 Å². The normalized spacial score (nSPS) is 17.1. The van der Waals surface area contributed by atoms with Crippen LogP contribution in [0.3, 0.4) is 0 Å². The molecule has 1 aliphatic rings. The number of aromatic nitrogens is 1. The molecule has 182 valence electrons. The molecule has 5 rings (SSSR count). The van der Waals surface area contributed by atoms with Gasteiger partial charge in [-0.05, 0) is 66.6 Å². The molecule has 1 fully saturated rings. The maximum atomic E-state index is 13.5. The van der Waals surface area contributed by atoms with Gasteiger partial charge in [-0.15, -0.1) is 0 Å². The van der Waals surface area contributed by atoms with Gasteiger partial charge in [0.25, 0.3) is 5.78 Å². The second-order valence-electron chi connectivity index (χ2n) is 8.26. The summed E-state index contributed by atoms with van der Waals surface area (Å²) in [5.74, 6) is -1.74. The van der Waals surface area contributed by atoms with Crippen LogP contribution in [0.4, 0.5) is 9.52 Å². The summed E-state index contributed by atoms with van der Waals surface area (Å²) in [6.45, 7) is 1.96. The summed E-state index contributed by atoms with van der Waals surface area (Å²) in [6, 6.07) is 14.8. The molecule has 2 heterocycles. The smallest absolute Gasteiger partial charge is 0.301 e. The summed E-state index contributed by atoms with van der Waals surface area (Å²) in [7, 11) is 2.98. The monoisotopic (exact) mass is 504 g/mol. The number of hydrogen-bond donors (Lipinski definition) is 1. The van der Waals surface area contributed by atoms with Crippen LogP contribution in [0.25, 0.3) is 16.0 Å². The van der Waals surface area contributed by atoms with Gasteiger partial charge < -0.3 is 14.6 Å². The van der Waals surface area contributed by atoms with E-state index in [1.54, 1.807) is 18.2 Å². The van der Waals surface area contributed by atoms with E-state index in [4.69, 9.17) is 9.47 Å². The molecule has 1 atom stereocenters. The first-order chi connectivity index (χ1) is 17.3. The number of aliphatic hydroxyl groups excluding tert-OH is 1. The second-order valence-corrected chi connectivity index (χ2v) is 9.27. The number of nitrogens with zero attached hydrogens (tertiary/aromatic N) is 2. The predicted molar refractivity (Wildman–Crippen MR) is 135 cm³/mol. The summed E-state index contributed by atoms with van der Waals surface area (Å²) in [4.78, 5) is 32.6. The van der Waals surface area contributed by atoms with Gasteiger partial charge in [0.1, 0.15) is 11.6 Å². The van der Waals surface area contributed by atoms with E-state index in [9.17, 15) is 19.1 Å². The molecule has 0 bridgehead atoms. The van der Waals surface area contributed by atoms with E-state index < -0.39 is 29.3 Å². The number of Topliss-reactive ketones (excluding diaryl/α,β-unsaturated/α-hetero) is 1. The van der Waals surface area contributed by atoms with Gasteiger partial charge in [-0.2, -0.15) is 0 Å². The van der Waals surface area contributed by atoms with Gasteiger partial charge in [0, 0.05) is 5.56 Å². The Balaban J connectivity index is 1.75. The van der Waals surface area contributed by atoms with Crippen LogP contribution < -0.4 is 14.4 Å². The van der Waals surface area contributed by atoms with Crippen molar-refractivity contribution in [2.24, 2.45) is 0 Å². The lowest BCUT2D eigenvalue weighted by molar-refractivity contribution is -0.132. The molecule has 1 aromatic heterocycles. The topological polar surface area (TPSA) is 89.0 Å². The summed E-state index contributed by atoms with van der Waals surface area (Å²) < 4.78 is 25.1. The fourth-order valence-corrected chi connectivity index (χ4v) is 5.34. The van der Waals surface area contributed by atoms with Crippen LogP contribution in [0.2, 0.25) is 0 Å². The third-order valence-corrected chi connectivity index (χ3v) is 7.04. The van der Waals surface area contributed by atoms with Crippen LogP contribution in [-0.2, 0) is 9.59 Å². The Morgan fingerprint density at radius 1 is 1.00 bits per heavy atom. The number of amides is 1. The highest BCUT2D eigenvalue weighted by Crippen LogP contribution is 2.45. The minimum absolute atomic E-state index is 0.130. The number of halogens is 1. The van der Waals surface area contributed by atoms with Crippen molar-refractivity contribution >= 4 is 44.1 Å². The average molecular weight is 505 g/mol. The number of anilines is 1. The number of hydrogen-bond acceptors (Lipinski definition) is 7. The number of ketones is 1. The number of methoxy groups -OCH3 is 2. The van der Waals surface area contributed by atoms with Gasteiger partial charge in [0.15, 0.2) is 16.6 Å². The molecular weight excluding hydrogens is 483 g/mol. The van der Waals surface area contributed by atoms with Gasteiger partial charge in [-0.3, -0.25) is 14.5 Å². The minimum Gasteiger partial charge on any atom is -0.507 e. The van der Waals surface area contributed by atoms with Crippen LogP contribution >= 0.6 is 11.3 Å². The van der Waals surface area contributed by atoms with Crippen molar-refractivity contribution in [3.05, 3.63) is 88.7 Å². The van der Waals surface area contributed by atoms with E-state index in [-0.39, 0.29) is 11.1 Å². The molecule has 0 radical (unpaired) electrons. The Morgan fingerprint density at radius 2 is 1.72 bits per heavy atom. The first-order valence-electron chi connectivity index (χ1n) is 11.0. The molecule has 1 amide bonds. The number of rotatable bonds is 5. The molecule has 1 aliphatic heterocycles. The molecule has 0 spiro atoms. The lowest BCUT2D eigenvalue weighted by Gasteiger charge is -2.23. The second kappa shape index (κ2) is 9.09. The summed E-state index contributed by atoms with van der Waals surface area (Å²) >= 11 is 1.27. The number of carbonyl (C=O) groups excluding carboxylic acids is 2. The van der Waals surface area contributed by atoms with Crippen molar-refractivity contribution in [1.82, 2.24) is 4.98 Å². The van der Waals surface area contributed by atoms with Crippen molar-refractivity contribution in [2.45, 2.75) is 13.0 Å². The largest absolute Gasteiger partial charge is 0.507 e. The lowest BCUT2D eigenvalue weighted by atomic mass is 9.95. The van der Waals surface area contributed by atoms with Crippen molar-refractivity contribution in [2.75, 3.05) is 19.1 Å². The van der Waals surface area contributed by atoms with E-state index in [1.165, 1.54) is 54.7 Å². The predicted octanol–water partition coefficient (Wildman–Crippen LogP) is 5.39. The summed E-state index contributed by atoms with van der Waals surface area (Å²) in [5.41, 5.74) is 2.31. The van der Waals surface area contributed by atoms with Gasteiger partial charge in [-0.25, -0.2) is 9.37 Å². The highest BCUT2D eigenvalue weighted by molar-refractivity contribution is 7.22. The number of fused-ring (bicyclic) bond motifs is 1. The molecule has 9 heteroatoms. The van der Waals surface area contributed by atoms with Gasteiger partial charge in [0.05, 0.1) is 36.1 Å². The number of ether oxygens (including phenoxy) is 2. The van der Waals surface area contributed by atoms with E-state index in [0.717, 1.165) is 10.3 Å². The highest BCUT2D eigenvalue weighted by atomic mass is 32.1. The number of aliphatic hydroxyl groups is 1. The molecule has 0 aliphatic carbocycles. The molecule has 4 aromatic rings. The first-order valence-corrected chi connectivity index (χ1v) is 11.8. The maximum absolute atomic E-state index is 13.5. The Morgan fingerprint density at radius 3 is 2.42 bits per heavy atom. The summed E-state index contributed by atoms with van der Waals surface area (Å²) in [6.07, 6.45) is 0. The third-order valence-electron chi connectivity index (χ3n) is 6.02. The Hall–Kier alpha value is -4.24. The average Bonchev–Trinajstić information content (AvgIpc) is 3.41. The van der Waals surface area contributed by atoms with E-state index in [2.05, 4.69) is 4.98 Å². The minimum atomic E-state index is -1.00. The first kappa shape index (κ1) is 23.5. The van der Waals surface area contributed by atoms with Gasteiger partial charge >= 0.3 is 5.91 Å². The van der Waals surface area contributed by atoms with Crippen LogP contribution in [0.1, 0.15) is 22.7 Å². The zero-order chi connectivity index (χ0) is 25.6. The van der Waals surface area contributed by atoms with Gasteiger partial charge in [-0.1, -0.05) is 23.5 Å². The fourth-order valence-electron chi connectivity index (χ4n) is 4.25. The van der Waals surface area contributed by atoms with E-state index >= 15 is 0 Å². The number of thiazole rings is 1. The standard InChI is InChI=1S/C27H21FN2O5S/c1-14-4-10-18-21(12-14)36-27(29-18)30-23(16-7-11-19(34-2)20(13-16)35-3)22(25(32)26(30)33)24(31)15-5-8-17(28)9-6-15/h4-13,23,31H,1-3H3/b24-22+. The van der Waals surface area contributed by atoms with Crippen molar-refractivity contribution in [3.8, 4) is 11.5 Å². The Kier molecular flexibility index (Phi) is 5.93. The van der Waals surface area contributed by atoms with Gasteiger partial charge in [0.2, 0.25) is 0 Å². The zero-order valence-electron chi connectivity index (χ0n) is 19.6. The van der Waals surface area contributed by atoms with E-state index in [0.29, 0.717) is 27.7 Å². The molecule has 1 N–H and O–H groups in total. The van der Waals surface area contributed by atoms with E-state index in [1.807, 2.05) is 25.1 Å². The number of aryl methyl sites for hydroxylation is 1. The highest BCUT2D eigenvalue weighted by Gasteiger charge is 2.48. The molecule has 36 heavy (non-hydrogen) atoms. The summed E-state index contributed by atoms with van der Waals surface area (Å²) in [5, 5.41) is 11.5. The Bertz CT molecular complexity index is 1540. The molecular formula is C27H21FN2O5S. The fraction of sp³-hybridized carbons (Fsp3) is 0.148. The molecule has 7 nitrogen and oxygen atoms in total. The Labute approximate surface area is 210 Å². The number of carbonyl (C=O) groups is 2. The van der Waals surface area contributed by atoms with Crippen molar-refractivity contribution in [1.29, 1.82) is 0 Å². The molecule has 0 saturated carbocycles. The van der Waals surface area contributed by atoms with Crippen LogP contribution in [0.15, 0.2) is 66.2 Å². The van der Waals surface area contributed by atoms with Crippen LogP contribution in [-0.4, -0.2) is 36.0 Å². The molecule has 3 aromatic carbocycles. The SMILES string of the molecule is COc1ccc(C2/C(=C(\O)c3ccc(F)cc3)C(=O)C(=O)N2c2nc3ccc(C)cc3s2)cc1OC. The quantitative estimate of drug-likeness (QED) is 0.223. The van der Waals surface area contributed by atoms with Crippen LogP contribution in [0.5, 0.6) is 11.5 Å². The lowest BCUT2D eigenvalue weighted by Crippen LogP contribution is -2.29. The zero-order valence-corrected chi connectivity index (χ0v) is 20.4. The molecule has 1 saturated heterocycles. The third kappa shape index (κ3) is 3.87. The maximum Gasteiger partial charge on any atom is 0.301 e. The van der Waals surface area contributed by atoms with Crippen molar-refractivity contribution in [3.63, 3.8) is 0 Å².